The Morgan fingerprint density at radius 2 is 1.84 bits per heavy atom. The zero-order valence-corrected chi connectivity index (χ0v) is 21.0. The molecule has 2 N–H and O–H groups in total. The SMILES string of the molecule is Cc1cc([C@H]2[C@@H](c3ccccn3)NC(=S)N2c2ccc3c(c2)OCO3)c(C)n1-c1ccccc1C(=O)O. The molecule has 2 aromatic heterocycles. The Morgan fingerprint density at radius 1 is 1.05 bits per heavy atom. The van der Waals surface area contributed by atoms with Crippen molar-refractivity contribution in [2.75, 3.05) is 11.7 Å². The number of thiocarbonyl (C=S) groups is 1. The van der Waals surface area contributed by atoms with E-state index in [0.717, 1.165) is 28.3 Å². The number of fused-ring (bicyclic) bond motifs is 1. The van der Waals surface area contributed by atoms with Gasteiger partial charge in [0, 0.05) is 29.3 Å². The highest BCUT2D eigenvalue weighted by atomic mass is 32.1. The largest absolute Gasteiger partial charge is 0.478 e. The Labute approximate surface area is 219 Å². The molecular formula is C28H24N4O4S. The predicted molar refractivity (Wildman–Crippen MR) is 143 cm³/mol. The fourth-order valence-electron chi connectivity index (χ4n) is 5.29. The van der Waals surface area contributed by atoms with Gasteiger partial charge in [0.15, 0.2) is 16.6 Å². The van der Waals surface area contributed by atoms with Crippen molar-refractivity contribution in [2.45, 2.75) is 25.9 Å². The molecule has 2 atom stereocenters. The third kappa shape index (κ3) is 3.79. The monoisotopic (exact) mass is 512 g/mol. The molecule has 0 bridgehead atoms. The van der Waals surface area contributed by atoms with Crippen LogP contribution in [-0.2, 0) is 0 Å². The summed E-state index contributed by atoms with van der Waals surface area (Å²) in [5, 5.41) is 13.9. The molecule has 9 heteroatoms. The smallest absolute Gasteiger partial charge is 0.337 e. The molecule has 4 heterocycles. The van der Waals surface area contributed by atoms with Gasteiger partial charge in [-0.2, -0.15) is 0 Å². The van der Waals surface area contributed by atoms with E-state index in [0.29, 0.717) is 22.3 Å². The standard InChI is InChI=1S/C28H24N4O4S/c1-16-13-20(17(2)31(16)22-9-4-3-7-19(22)27(33)34)26-25(21-8-5-6-12-29-21)30-28(37)32(26)18-10-11-23-24(14-18)36-15-35-23/h3-14,25-26H,15H2,1-2H3,(H,30,37)(H,33,34)/t25-,26+/m1/s1. The summed E-state index contributed by atoms with van der Waals surface area (Å²) in [5.41, 5.74) is 5.44. The first-order chi connectivity index (χ1) is 17.9. The molecule has 1 saturated heterocycles. The molecule has 0 aliphatic carbocycles. The van der Waals surface area contributed by atoms with Crippen LogP contribution in [0.3, 0.4) is 0 Å². The Bertz CT molecular complexity index is 1530. The van der Waals surface area contributed by atoms with Crippen molar-refractivity contribution in [1.29, 1.82) is 0 Å². The Morgan fingerprint density at radius 3 is 2.62 bits per heavy atom. The van der Waals surface area contributed by atoms with Crippen LogP contribution in [0.4, 0.5) is 5.69 Å². The van der Waals surface area contributed by atoms with E-state index < -0.39 is 5.97 Å². The van der Waals surface area contributed by atoms with Crippen LogP contribution in [-0.4, -0.2) is 32.5 Å². The number of aromatic carboxylic acids is 1. The van der Waals surface area contributed by atoms with Crippen molar-refractivity contribution < 1.29 is 19.4 Å². The first-order valence-electron chi connectivity index (χ1n) is 11.9. The molecule has 4 aromatic rings. The third-order valence-corrected chi connectivity index (χ3v) is 7.21. The van der Waals surface area contributed by atoms with Crippen LogP contribution in [0.2, 0.25) is 0 Å². The van der Waals surface area contributed by atoms with Crippen LogP contribution >= 0.6 is 12.2 Å². The average Bonchev–Trinajstić information content (AvgIpc) is 3.59. The van der Waals surface area contributed by atoms with Crippen LogP contribution in [0, 0.1) is 13.8 Å². The van der Waals surface area contributed by atoms with E-state index in [4.69, 9.17) is 21.7 Å². The summed E-state index contributed by atoms with van der Waals surface area (Å²) >= 11 is 5.87. The van der Waals surface area contributed by atoms with Crippen molar-refractivity contribution in [2.24, 2.45) is 0 Å². The first-order valence-corrected chi connectivity index (χ1v) is 12.3. The molecule has 8 nitrogen and oxygen atoms in total. The van der Waals surface area contributed by atoms with Gasteiger partial charge in [-0.1, -0.05) is 18.2 Å². The zero-order chi connectivity index (χ0) is 25.7. The summed E-state index contributed by atoms with van der Waals surface area (Å²) in [7, 11) is 0. The van der Waals surface area contributed by atoms with Gasteiger partial charge in [0.2, 0.25) is 6.79 Å². The molecular weight excluding hydrogens is 488 g/mol. The molecule has 37 heavy (non-hydrogen) atoms. The second-order valence-electron chi connectivity index (χ2n) is 9.02. The maximum atomic E-state index is 12.0. The average molecular weight is 513 g/mol. The molecule has 2 aliphatic rings. The number of nitrogens with one attached hydrogen (secondary N) is 1. The highest BCUT2D eigenvalue weighted by Gasteiger charge is 2.42. The maximum Gasteiger partial charge on any atom is 0.337 e. The fourth-order valence-corrected chi connectivity index (χ4v) is 5.64. The summed E-state index contributed by atoms with van der Waals surface area (Å²) in [6, 6.07) is 20.3. The van der Waals surface area contributed by atoms with Crippen molar-refractivity contribution in [3.05, 3.63) is 101 Å². The Kier molecular flexibility index (Phi) is 5.57. The van der Waals surface area contributed by atoms with Crippen LogP contribution in [0.5, 0.6) is 11.5 Å². The number of hydrogen-bond acceptors (Lipinski definition) is 5. The lowest BCUT2D eigenvalue weighted by molar-refractivity contribution is 0.0697. The lowest BCUT2D eigenvalue weighted by Crippen LogP contribution is -2.29. The molecule has 0 radical (unpaired) electrons. The maximum absolute atomic E-state index is 12.0. The number of anilines is 1. The summed E-state index contributed by atoms with van der Waals surface area (Å²) in [5.74, 6) is 0.394. The van der Waals surface area contributed by atoms with Gasteiger partial charge in [-0.05, 0) is 74.1 Å². The lowest BCUT2D eigenvalue weighted by Gasteiger charge is -2.28. The van der Waals surface area contributed by atoms with E-state index in [1.54, 1.807) is 18.3 Å². The van der Waals surface area contributed by atoms with E-state index in [1.165, 1.54) is 0 Å². The van der Waals surface area contributed by atoms with E-state index in [1.807, 2.05) is 66.9 Å². The molecule has 1 fully saturated rings. The minimum atomic E-state index is -0.971. The van der Waals surface area contributed by atoms with Crippen molar-refractivity contribution in [3.63, 3.8) is 0 Å². The highest BCUT2D eigenvalue weighted by Crippen LogP contribution is 2.46. The van der Waals surface area contributed by atoms with Crippen LogP contribution in [0.25, 0.3) is 5.69 Å². The number of rotatable bonds is 5. The number of carbonyl (C=O) groups is 1. The number of pyridine rings is 1. The molecule has 0 spiro atoms. The molecule has 0 unspecified atom stereocenters. The molecule has 0 amide bonds. The van der Waals surface area contributed by atoms with E-state index in [2.05, 4.69) is 21.3 Å². The van der Waals surface area contributed by atoms with Gasteiger partial charge in [0.05, 0.1) is 29.0 Å². The van der Waals surface area contributed by atoms with Gasteiger partial charge >= 0.3 is 5.97 Å². The van der Waals surface area contributed by atoms with E-state index >= 15 is 0 Å². The lowest BCUT2D eigenvalue weighted by atomic mass is 9.96. The molecule has 2 aliphatic heterocycles. The van der Waals surface area contributed by atoms with Gasteiger partial charge in [0.1, 0.15) is 0 Å². The molecule has 2 aromatic carbocycles. The summed E-state index contributed by atoms with van der Waals surface area (Å²) < 4.78 is 13.1. The molecule has 0 saturated carbocycles. The van der Waals surface area contributed by atoms with E-state index in [9.17, 15) is 9.90 Å². The number of ether oxygens (including phenoxy) is 2. The third-order valence-electron chi connectivity index (χ3n) is 6.90. The van der Waals surface area contributed by atoms with Crippen LogP contribution in [0.15, 0.2) is 72.9 Å². The Balaban J connectivity index is 1.53. The highest BCUT2D eigenvalue weighted by molar-refractivity contribution is 7.80. The zero-order valence-electron chi connectivity index (χ0n) is 20.2. The second kappa shape index (κ2) is 8.94. The van der Waals surface area contributed by atoms with Crippen LogP contribution in [0.1, 0.15) is 45.1 Å². The topological polar surface area (TPSA) is 88.9 Å². The second-order valence-corrected chi connectivity index (χ2v) is 9.41. The normalized spacial score (nSPS) is 18.2. The summed E-state index contributed by atoms with van der Waals surface area (Å²) in [6.45, 7) is 4.18. The number of nitrogens with zero attached hydrogens (tertiary/aromatic N) is 3. The molecule has 186 valence electrons. The number of aryl methyl sites for hydroxylation is 1. The number of benzene rings is 2. The van der Waals surface area contributed by atoms with Gasteiger partial charge in [-0.15, -0.1) is 0 Å². The summed E-state index contributed by atoms with van der Waals surface area (Å²) in [4.78, 5) is 18.7. The fraction of sp³-hybridized carbons (Fsp3) is 0.179. The van der Waals surface area contributed by atoms with Crippen molar-refractivity contribution in [1.82, 2.24) is 14.9 Å². The number of carboxylic acid groups (broad SMARTS) is 1. The van der Waals surface area contributed by atoms with Crippen molar-refractivity contribution in [3.8, 4) is 17.2 Å². The molecule has 6 rings (SSSR count). The van der Waals surface area contributed by atoms with Crippen molar-refractivity contribution >= 4 is 29.0 Å². The number of aromatic nitrogens is 2. The van der Waals surface area contributed by atoms with Gasteiger partial charge in [-0.3, -0.25) is 4.98 Å². The minimum absolute atomic E-state index is 0.186. The number of para-hydroxylation sites is 1. The van der Waals surface area contributed by atoms with Gasteiger partial charge in [0.25, 0.3) is 0 Å². The number of hydrogen-bond donors (Lipinski definition) is 2. The van der Waals surface area contributed by atoms with Gasteiger partial charge in [-0.25, -0.2) is 4.79 Å². The predicted octanol–water partition coefficient (Wildman–Crippen LogP) is 5.09. The Hall–Kier alpha value is -4.37. The summed E-state index contributed by atoms with van der Waals surface area (Å²) in [6.07, 6.45) is 1.77. The first kappa shape index (κ1) is 23.1. The minimum Gasteiger partial charge on any atom is -0.478 e. The number of carboxylic acids is 1. The quantitative estimate of drug-likeness (QED) is 0.358. The van der Waals surface area contributed by atoms with E-state index in [-0.39, 0.29) is 24.4 Å². The van der Waals surface area contributed by atoms with Crippen LogP contribution < -0.4 is 19.7 Å². The van der Waals surface area contributed by atoms with Gasteiger partial charge < -0.3 is 29.4 Å².